The van der Waals surface area contributed by atoms with Crippen molar-refractivity contribution in [1.29, 1.82) is 0 Å². The number of hydrogen-bond donors (Lipinski definition) is 3. The number of nitrogens with zero attached hydrogens (tertiary/aromatic N) is 1. The Morgan fingerprint density at radius 2 is 1.76 bits per heavy atom. The summed E-state index contributed by atoms with van der Waals surface area (Å²) >= 11 is 0. The van der Waals surface area contributed by atoms with Crippen LogP contribution < -0.4 is 16.4 Å². The summed E-state index contributed by atoms with van der Waals surface area (Å²) in [7, 11) is 0. The van der Waals surface area contributed by atoms with Crippen LogP contribution in [-0.2, 0) is 16.1 Å². The molecule has 2 rings (SSSR count). The summed E-state index contributed by atoms with van der Waals surface area (Å²) in [5.74, 6) is -0.602. The molecule has 0 aromatic heterocycles. The SMILES string of the molecule is NCC(=O)NCC(=O)Nc1ccc(CN2CCCC2)cc1. The highest BCUT2D eigenvalue weighted by atomic mass is 16.2. The average molecular weight is 290 g/mol. The fraction of sp³-hybridized carbons (Fsp3) is 0.467. The minimum atomic E-state index is -0.342. The van der Waals surface area contributed by atoms with Gasteiger partial charge in [0.1, 0.15) is 0 Å². The first-order valence-electron chi connectivity index (χ1n) is 7.25. The Kier molecular flexibility index (Phi) is 5.71. The lowest BCUT2D eigenvalue weighted by atomic mass is 10.2. The molecule has 0 unspecified atom stereocenters. The number of carbonyl (C=O) groups is 2. The van der Waals surface area contributed by atoms with Crippen LogP contribution in [0.2, 0.25) is 0 Å². The van der Waals surface area contributed by atoms with Crippen molar-refractivity contribution in [3.63, 3.8) is 0 Å². The highest BCUT2D eigenvalue weighted by Gasteiger charge is 2.11. The van der Waals surface area contributed by atoms with Gasteiger partial charge >= 0.3 is 0 Å². The fourth-order valence-corrected chi connectivity index (χ4v) is 2.35. The summed E-state index contributed by atoms with van der Waals surface area (Å²) < 4.78 is 0. The molecule has 0 radical (unpaired) electrons. The lowest BCUT2D eigenvalue weighted by molar-refractivity contribution is -0.123. The monoisotopic (exact) mass is 290 g/mol. The van der Waals surface area contributed by atoms with Crippen LogP contribution >= 0.6 is 0 Å². The lowest BCUT2D eigenvalue weighted by Gasteiger charge is -2.14. The van der Waals surface area contributed by atoms with Crippen molar-refractivity contribution in [2.24, 2.45) is 5.73 Å². The van der Waals surface area contributed by atoms with Gasteiger partial charge in [0.15, 0.2) is 0 Å². The Balaban J connectivity index is 1.78. The molecule has 21 heavy (non-hydrogen) atoms. The van der Waals surface area contributed by atoms with Crippen LogP contribution in [0.5, 0.6) is 0 Å². The molecule has 0 aliphatic carbocycles. The highest BCUT2D eigenvalue weighted by molar-refractivity contribution is 5.94. The van der Waals surface area contributed by atoms with E-state index in [0.29, 0.717) is 0 Å². The lowest BCUT2D eigenvalue weighted by Crippen LogP contribution is -2.36. The van der Waals surface area contributed by atoms with E-state index in [1.165, 1.54) is 31.5 Å². The van der Waals surface area contributed by atoms with Crippen molar-refractivity contribution in [3.8, 4) is 0 Å². The van der Waals surface area contributed by atoms with Crippen molar-refractivity contribution in [3.05, 3.63) is 29.8 Å². The predicted molar refractivity (Wildman–Crippen MR) is 81.6 cm³/mol. The molecule has 4 N–H and O–H groups in total. The third-order valence-corrected chi connectivity index (χ3v) is 3.47. The molecule has 6 heteroatoms. The van der Waals surface area contributed by atoms with Crippen LogP contribution in [0.25, 0.3) is 0 Å². The van der Waals surface area contributed by atoms with Crippen LogP contribution in [-0.4, -0.2) is 42.9 Å². The number of rotatable bonds is 6. The van der Waals surface area contributed by atoms with E-state index in [2.05, 4.69) is 15.5 Å². The topological polar surface area (TPSA) is 87.5 Å². The number of nitrogens with one attached hydrogen (secondary N) is 2. The summed E-state index contributed by atoms with van der Waals surface area (Å²) in [6.07, 6.45) is 2.56. The molecule has 1 heterocycles. The third kappa shape index (κ3) is 5.17. The maximum atomic E-state index is 11.6. The Labute approximate surface area is 124 Å². The minimum absolute atomic E-state index is 0.0639. The predicted octanol–water partition coefficient (Wildman–Crippen LogP) is 0.296. The second kappa shape index (κ2) is 7.75. The van der Waals surface area contributed by atoms with E-state index in [1.54, 1.807) is 0 Å². The van der Waals surface area contributed by atoms with Gasteiger partial charge in [0.25, 0.3) is 0 Å². The minimum Gasteiger partial charge on any atom is -0.346 e. The number of hydrogen-bond acceptors (Lipinski definition) is 4. The second-order valence-corrected chi connectivity index (χ2v) is 5.21. The number of nitrogens with two attached hydrogens (primary N) is 1. The van der Waals surface area contributed by atoms with Gasteiger partial charge in [0.2, 0.25) is 11.8 Å². The number of anilines is 1. The molecule has 1 aliphatic heterocycles. The smallest absolute Gasteiger partial charge is 0.243 e. The van der Waals surface area contributed by atoms with Crippen LogP contribution in [0.15, 0.2) is 24.3 Å². The van der Waals surface area contributed by atoms with Gasteiger partial charge in [-0.15, -0.1) is 0 Å². The number of likely N-dealkylation sites (tertiary alicyclic amines) is 1. The molecular formula is C15H22N4O2. The fourth-order valence-electron chi connectivity index (χ4n) is 2.35. The van der Waals surface area contributed by atoms with E-state index in [1.807, 2.05) is 24.3 Å². The van der Waals surface area contributed by atoms with Gasteiger partial charge in [-0.2, -0.15) is 0 Å². The summed E-state index contributed by atoms with van der Waals surface area (Å²) in [6, 6.07) is 7.81. The van der Waals surface area contributed by atoms with Crippen LogP contribution in [0, 0.1) is 0 Å². The van der Waals surface area contributed by atoms with Gasteiger partial charge in [-0.05, 0) is 43.6 Å². The molecule has 114 valence electrons. The first-order valence-corrected chi connectivity index (χ1v) is 7.25. The summed E-state index contributed by atoms with van der Waals surface area (Å²) in [5.41, 5.74) is 7.12. The first-order chi connectivity index (χ1) is 10.2. The van der Waals surface area contributed by atoms with Gasteiger partial charge in [-0.1, -0.05) is 12.1 Å². The van der Waals surface area contributed by atoms with E-state index in [9.17, 15) is 9.59 Å². The van der Waals surface area contributed by atoms with E-state index in [-0.39, 0.29) is 24.9 Å². The average Bonchev–Trinajstić information content (AvgIpc) is 3.00. The van der Waals surface area contributed by atoms with Crippen molar-refractivity contribution < 1.29 is 9.59 Å². The molecule has 1 aliphatic rings. The van der Waals surface area contributed by atoms with E-state index in [4.69, 9.17) is 5.73 Å². The standard InChI is InChI=1S/C15H22N4O2/c16-9-14(20)17-10-15(21)18-13-5-3-12(4-6-13)11-19-7-1-2-8-19/h3-6H,1-2,7-11,16H2,(H,17,20)(H,18,21). The zero-order valence-electron chi connectivity index (χ0n) is 12.1. The third-order valence-electron chi connectivity index (χ3n) is 3.47. The van der Waals surface area contributed by atoms with E-state index < -0.39 is 0 Å². The van der Waals surface area contributed by atoms with E-state index in [0.717, 1.165) is 12.2 Å². The summed E-state index contributed by atoms with van der Waals surface area (Å²) in [5, 5.41) is 5.16. The van der Waals surface area contributed by atoms with Gasteiger partial charge in [0, 0.05) is 12.2 Å². The molecule has 2 amide bonds. The van der Waals surface area contributed by atoms with Crippen LogP contribution in [0.4, 0.5) is 5.69 Å². The van der Waals surface area contributed by atoms with Gasteiger partial charge < -0.3 is 16.4 Å². The Morgan fingerprint density at radius 1 is 1.10 bits per heavy atom. The molecule has 6 nitrogen and oxygen atoms in total. The molecule has 1 aromatic carbocycles. The molecule has 1 fully saturated rings. The second-order valence-electron chi connectivity index (χ2n) is 5.21. The summed E-state index contributed by atoms with van der Waals surface area (Å²) in [6.45, 7) is 3.11. The highest BCUT2D eigenvalue weighted by Crippen LogP contribution is 2.15. The van der Waals surface area contributed by atoms with Crippen molar-refractivity contribution in [2.75, 3.05) is 31.5 Å². The van der Waals surface area contributed by atoms with Crippen LogP contribution in [0.1, 0.15) is 18.4 Å². The zero-order chi connectivity index (χ0) is 15.1. The van der Waals surface area contributed by atoms with Crippen LogP contribution in [0.3, 0.4) is 0 Å². The summed E-state index contributed by atoms with van der Waals surface area (Å²) in [4.78, 5) is 25.0. The zero-order valence-corrected chi connectivity index (χ0v) is 12.1. The quantitative estimate of drug-likeness (QED) is 0.703. The number of carbonyl (C=O) groups excluding carboxylic acids is 2. The molecule has 1 aromatic rings. The number of benzene rings is 1. The Hall–Kier alpha value is -1.92. The van der Waals surface area contributed by atoms with Gasteiger partial charge in [-0.3, -0.25) is 14.5 Å². The maximum absolute atomic E-state index is 11.6. The van der Waals surface area contributed by atoms with Crippen molar-refractivity contribution >= 4 is 17.5 Å². The normalized spacial score (nSPS) is 14.9. The van der Waals surface area contributed by atoms with Crippen molar-refractivity contribution in [2.45, 2.75) is 19.4 Å². The van der Waals surface area contributed by atoms with Crippen molar-refractivity contribution in [1.82, 2.24) is 10.2 Å². The molecule has 1 saturated heterocycles. The van der Waals surface area contributed by atoms with E-state index >= 15 is 0 Å². The molecule has 0 atom stereocenters. The largest absolute Gasteiger partial charge is 0.346 e. The molecule has 0 bridgehead atoms. The Morgan fingerprint density at radius 3 is 2.38 bits per heavy atom. The maximum Gasteiger partial charge on any atom is 0.243 e. The van der Waals surface area contributed by atoms with Gasteiger partial charge in [-0.25, -0.2) is 0 Å². The molecule has 0 saturated carbocycles. The van der Waals surface area contributed by atoms with Gasteiger partial charge in [0.05, 0.1) is 13.1 Å². The molecular weight excluding hydrogens is 268 g/mol. The first kappa shape index (κ1) is 15.5. The number of amides is 2. The Bertz CT molecular complexity index is 481. The molecule has 0 spiro atoms.